The number of amides is 2. The number of nitrogens with zero attached hydrogens (tertiary/aromatic N) is 2. The number of carboxylic acid groups (broad SMARTS) is 1. The summed E-state index contributed by atoms with van der Waals surface area (Å²) in [5.74, 6) is -1.08. The first kappa shape index (κ1) is 18.8. The van der Waals surface area contributed by atoms with Gasteiger partial charge in [0.25, 0.3) is 0 Å². The van der Waals surface area contributed by atoms with E-state index in [0.29, 0.717) is 19.5 Å². The third-order valence-corrected chi connectivity index (χ3v) is 6.42. The Bertz CT molecular complexity index is 786. The molecule has 2 atom stereocenters. The molecule has 1 aliphatic heterocycles. The van der Waals surface area contributed by atoms with E-state index < -0.39 is 11.9 Å². The van der Waals surface area contributed by atoms with Crippen molar-refractivity contribution in [1.82, 2.24) is 15.2 Å². The molecule has 8 heteroatoms. The smallest absolute Gasteiger partial charge is 0.317 e. The van der Waals surface area contributed by atoms with Gasteiger partial charge in [-0.3, -0.25) is 4.79 Å². The van der Waals surface area contributed by atoms with Crippen LogP contribution in [0, 0.1) is 18.8 Å². The van der Waals surface area contributed by atoms with E-state index in [2.05, 4.69) is 27.8 Å². The third-order valence-electron chi connectivity index (χ3n) is 4.48. The highest BCUT2D eigenvalue weighted by molar-refractivity contribution is 7.16. The number of nitrogens with one attached hydrogen (secondary N) is 1. The van der Waals surface area contributed by atoms with E-state index in [1.165, 1.54) is 4.88 Å². The predicted octanol–water partition coefficient (Wildman–Crippen LogP) is 3.47. The maximum atomic E-state index is 12.3. The van der Waals surface area contributed by atoms with E-state index in [4.69, 9.17) is 0 Å². The predicted molar refractivity (Wildman–Crippen MR) is 104 cm³/mol. The van der Waals surface area contributed by atoms with Crippen LogP contribution in [0.25, 0.3) is 10.6 Å². The Balaban J connectivity index is 1.49. The highest BCUT2D eigenvalue weighted by atomic mass is 32.1. The Morgan fingerprint density at radius 1 is 1.38 bits per heavy atom. The molecule has 6 nitrogen and oxygen atoms in total. The number of likely N-dealkylation sites (tertiary alicyclic amines) is 1. The highest BCUT2D eigenvalue weighted by Gasteiger charge is 2.31. The molecule has 1 fully saturated rings. The second kappa shape index (κ2) is 8.18. The lowest BCUT2D eigenvalue weighted by molar-refractivity contribution is -0.143. The topological polar surface area (TPSA) is 82.5 Å². The zero-order valence-corrected chi connectivity index (χ0v) is 16.5. The molecule has 2 N–H and O–H groups in total. The number of carbonyl (C=O) groups excluding carboxylic acids is 1. The van der Waals surface area contributed by atoms with Crippen molar-refractivity contribution >= 4 is 34.7 Å². The van der Waals surface area contributed by atoms with Gasteiger partial charge in [0, 0.05) is 29.9 Å². The van der Waals surface area contributed by atoms with Crippen molar-refractivity contribution in [3.05, 3.63) is 27.4 Å². The number of aryl methyl sites for hydroxylation is 1. The molecule has 1 saturated heterocycles. The van der Waals surface area contributed by atoms with Crippen LogP contribution in [0.1, 0.15) is 23.2 Å². The molecule has 140 valence electrons. The summed E-state index contributed by atoms with van der Waals surface area (Å²) in [6.07, 6.45) is 1.39. The number of urea groups is 1. The fraction of sp³-hybridized carbons (Fsp3) is 0.500. The molecule has 2 aromatic rings. The van der Waals surface area contributed by atoms with Gasteiger partial charge in [-0.1, -0.05) is 6.92 Å². The van der Waals surface area contributed by atoms with Crippen LogP contribution in [0.5, 0.6) is 0 Å². The van der Waals surface area contributed by atoms with Crippen LogP contribution in [0.3, 0.4) is 0 Å². The van der Waals surface area contributed by atoms with Crippen LogP contribution in [-0.2, 0) is 11.2 Å². The largest absolute Gasteiger partial charge is 0.481 e. The zero-order valence-electron chi connectivity index (χ0n) is 14.9. The van der Waals surface area contributed by atoms with Gasteiger partial charge in [-0.25, -0.2) is 9.78 Å². The van der Waals surface area contributed by atoms with E-state index in [1.807, 2.05) is 13.8 Å². The molecule has 0 saturated carbocycles. The van der Waals surface area contributed by atoms with E-state index in [1.54, 1.807) is 27.6 Å². The fourth-order valence-corrected chi connectivity index (χ4v) is 4.88. The number of carboxylic acids is 1. The fourth-order valence-electron chi connectivity index (χ4n) is 3.23. The van der Waals surface area contributed by atoms with Gasteiger partial charge in [-0.05, 0) is 37.8 Å². The minimum absolute atomic E-state index is 0.172. The van der Waals surface area contributed by atoms with Gasteiger partial charge in [0.1, 0.15) is 0 Å². The van der Waals surface area contributed by atoms with E-state index in [9.17, 15) is 14.7 Å². The van der Waals surface area contributed by atoms with Gasteiger partial charge < -0.3 is 15.3 Å². The minimum Gasteiger partial charge on any atom is -0.481 e. The number of piperidine rings is 1. The van der Waals surface area contributed by atoms with Gasteiger partial charge in [0.05, 0.1) is 21.5 Å². The van der Waals surface area contributed by atoms with Crippen LogP contribution in [0.4, 0.5) is 4.79 Å². The summed E-state index contributed by atoms with van der Waals surface area (Å²) < 4.78 is 0. The van der Waals surface area contributed by atoms with Crippen LogP contribution >= 0.6 is 22.7 Å². The number of aromatic nitrogens is 1. The monoisotopic (exact) mass is 393 g/mol. The summed E-state index contributed by atoms with van der Waals surface area (Å²) in [6, 6.07) is 3.97. The van der Waals surface area contributed by atoms with Crippen molar-refractivity contribution in [2.75, 3.05) is 19.6 Å². The maximum absolute atomic E-state index is 12.3. The molecule has 2 unspecified atom stereocenters. The molecule has 26 heavy (non-hydrogen) atoms. The molecule has 2 amide bonds. The highest BCUT2D eigenvalue weighted by Crippen LogP contribution is 2.29. The minimum atomic E-state index is -0.822. The Kier molecular flexibility index (Phi) is 5.93. The number of thiophene rings is 1. The normalized spacial score (nSPS) is 20.2. The lowest BCUT2D eigenvalue weighted by Gasteiger charge is -2.34. The van der Waals surface area contributed by atoms with Crippen molar-refractivity contribution in [3.8, 4) is 10.6 Å². The Morgan fingerprint density at radius 2 is 2.19 bits per heavy atom. The number of rotatable bonds is 5. The first-order chi connectivity index (χ1) is 12.4. The molecule has 0 spiro atoms. The number of hydrogen-bond acceptors (Lipinski definition) is 5. The van der Waals surface area contributed by atoms with Crippen LogP contribution in [-0.4, -0.2) is 46.6 Å². The van der Waals surface area contributed by atoms with Crippen molar-refractivity contribution in [1.29, 1.82) is 0 Å². The van der Waals surface area contributed by atoms with Crippen molar-refractivity contribution in [2.45, 2.75) is 26.7 Å². The summed E-state index contributed by atoms with van der Waals surface area (Å²) in [5.41, 5.74) is 1.01. The molecule has 1 aliphatic rings. The maximum Gasteiger partial charge on any atom is 0.317 e. The summed E-state index contributed by atoms with van der Waals surface area (Å²) in [5, 5.41) is 15.2. The van der Waals surface area contributed by atoms with Crippen molar-refractivity contribution in [3.63, 3.8) is 0 Å². The van der Waals surface area contributed by atoms with Gasteiger partial charge in [-0.2, -0.15) is 0 Å². The quantitative estimate of drug-likeness (QED) is 0.815. The second-order valence-electron chi connectivity index (χ2n) is 6.78. The van der Waals surface area contributed by atoms with Crippen LogP contribution in [0.2, 0.25) is 0 Å². The summed E-state index contributed by atoms with van der Waals surface area (Å²) in [6.45, 7) is 5.43. The van der Waals surface area contributed by atoms with E-state index >= 15 is 0 Å². The second-order valence-corrected chi connectivity index (χ2v) is 9.01. The molecule has 0 bridgehead atoms. The van der Waals surface area contributed by atoms with E-state index in [-0.39, 0.29) is 18.5 Å². The lowest BCUT2D eigenvalue weighted by atomic mass is 9.91. The Labute approximate surface area is 160 Å². The third kappa shape index (κ3) is 4.62. The van der Waals surface area contributed by atoms with Gasteiger partial charge in [0.15, 0.2) is 0 Å². The zero-order chi connectivity index (χ0) is 18.7. The molecule has 3 rings (SSSR count). The SMILES string of the molecule is Cc1nc(-c2ccc(CCNC(=O)N3CC(C)CC(C(=O)O)C3)s2)cs1. The molecule has 3 heterocycles. The molecule has 2 aromatic heterocycles. The van der Waals surface area contributed by atoms with E-state index in [0.717, 1.165) is 22.0 Å². The molecule has 0 radical (unpaired) electrons. The molecule has 0 aliphatic carbocycles. The molecular formula is C18H23N3O3S2. The first-order valence-corrected chi connectivity index (χ1v) is 10.4. The Morgan fingerprint density at radius 3 is 2.88 bits per heavy atom. The summed E-state index contributed by atoms with van der Waals surface area (Å²) in [4.78, 5) is 32.0. The summed E-state index contributed by atoms with van der Waals surface area (Å²) >= 11 is 3.33. The van der Waals surface area contributed by atoms with Crippen LogP contribution in [0.15, 0.2) is 17.5 Å². The standard InChI is InChI=1S/C18H23N3O3S2/c1-11-7-13(17(22)23)9-21(8-11)18(24)19-6-5-14-3-4-16(26-14)15-10-25-12(2)20-15/h3-4,10-11,13H,5-9H2,1-2H3,(H,19,24)(H,22,23). The van der Waals surface area contributed by atoms with Crippen LogP contribution < -0.4 is 5.32 Å². The average Bonchev–Trinajstić information content (AvgIpc) is 3.23. The van der Waals surface area contributed by atoms with Crippen molar-refractivity contribution < 1.29 is 14.7 Å². The van der Waals surface area contributed by atoms with Crippen molar-refractivity contribution in [2.24, 2.45) is 11.8 Å². The summed E-state index contributed by atoms with van der Waals surface area (Å²) in [7, 11) is 0. The van der Waals surface area contributed by atoms with Gasteiger partial charge >= 0.3 is 12.0 Å². The number of carbonyl (C=O) groups is 2. The number of hydrogen-bond donors (Lipinski definition) is 2. The molecular weight excluding hydrogens is 370 g/mol. The molecule has 0 aromatic carbocycles. The Hall–Kier alpha value is -1.93. The number of thiazole rings is 1. The van der Waals surface area contributed by atoms with Gasteiger partial charge in [-0.15, -0.1) is 22.7 Å². The lowest BCUT2D eigenvalue weighted by Crippen LogP contribution is -2.49. The average molecular weight is 394 g/mol. The van der Waals surface area contributed by atoms with Gasteiger partial charge in [0.2, 0.25) is 0 Å². The number of aliphatic carboxylic acids is 1. The first-order valence-electron chi connectivity index (χ1n) is 8.69.